The van der Waals surface area contributed by atoms with Gasteiger partial charge in [0, 0.05) is 28.0 Å². The molecule has 0 spiro atoms. The summed E-state index contributed by atoms with van der Waals surface area (Å²) in [5.74, 6) is 0.877. The molecule has 2 aromatic heterocycles. The van der Waals surface area contributed by atoms with Gasteiger partial charge in [-0.25, -0.2) is 4.79 Å². The van der Waals surface area contributed by atoms with Gasteiger partial charge in [-0.2, -0.15) is 0 Å². The van der Waals surface area contributed by atoms with Crippen molar-refractivity contribution in [1.29, 1.82) is 0 Å². The van der Waals surface area contributed by atoms with E-state index in [0.29, 0.717) is 5.58 Å². The van der Waals surface area contributed by atoms with Crippen molar-refractivity contribution in [1.82, 2.24) is 0 Å². The van der Waals surface area contributed by atoms with E-state index in [4.69, 9.17) is 8.83 Å². The van der Waals surface area contributed by atoms with E-state index in [-0.39, 0.29) is 5.63 Å². The highest BCUT2D eigenvalue weighted by Gasteiger charge is 2.19. The lowest BCUT2D eigenvalue weighted by Crippen LogP contribution is -2.02. The minimum atomic E-state index is -0.294. The molecule has 0 atom stereocenters. The Morgan fingerprint density at radius 3 is 2.38 bits per heavy atom. The number of benzene rings is 2. The summed E-state index contributed by atoms with van der Waals surface area (Å²) >= 11 is 0. The minimum absolute atomic E-state index is 0.294. The van der Waals surface area contributed by atoms with Gasteiger partial charge in [-0.1, -0.05) is 43.7 Å². The molecular formula is C23H22O3. The molecule has 0 aliphatic carbocycles. The van der Waals surface area contributed by atoms with Gasteiger partial charge in [0.15, 0.2) is 0 Å². The van der Waals surface area contributed by atoms with Crippen LogP contribution in [0.5, 0.6) is 0 Å². The number of fused-ring (bicyclic) bond motifs is 2. The van der Waals surface area contributed by atoms with Crippen molar-refractivity contribution in [2.75, 3.05) is 0 Å². The maximum atomic E-state index is 12.1. The molecule has 132 valence electrons. The molecule has 4 rings (SSSR count). The van der Waals surface area contributed by atoms with Gasteiger partial charge < -0.3 is 8.83 Å². The molecule has 0 bridgehead atoms. The molecule has 0 saturated heterocycles. The van der Waals surface area contributed by atoms with Crippen molar-refractivity contribution in [3.05, 3.63) is 69.8 Å². The van der Waals surface area contributed by atoms with Gasteiger partial charge in [0.2, 0.25) is 0 Å². The molecule has 0 amide bonds. The van der Waals surface area contributed by atoms with Gasteiger partial charge in [0.1, 0.15) is 16.9 Å². The number of hydrogen-bond donors (Lipinski definition) is 0. The molecule has 3 nitrogen and oxygen atoms in total. The Bertz CT molecular complexity index is 1150. The predicted octanol–water partition coefficient (Wildman–Crippen LogP) is 6.17. The van der Waals surface area contributed by atoms with E-state index in [1.54, 1.807) is 6.07 Å². The molecule has 0 unspecified atom stereocenters. The molecule has 0 radical (unpaired) electrons. The van der Waals surface area contributed by atoms with Crippen molar-refractivity contribution >= 4 is 21.9 Å². The lowest BCUT2D eigenvalue weighted by Gasteiger charge is -2.08. The second kappa shape index (κ2) is 6.49. The van der Waals surface area contributed by atoms with E-state index in [2.05, 4.69) is 25.1 Å². The highest BCUT2D eigenvalue weighted by Crippen LogP contribution is 2.39. The van der Waals surface area contributed by atoms with E-state index in [1.807, 2.05) is 32.0 Å². The third-order valence-corrected chi connectivity index (χ3v) is 5.04. The minimum Gasteiger partial charge on any atom is -0.460 e. The molecule has 0 fully saturated rings. The highest BCUT2D eigenvalue weighted by molar-refractivity contribution is 6.05. The average molecular weight is 346 g/mol. The molecule has 4 aromatic rings. The van der Waals surface area contributed by atoms with Crippen LogP contribution in [0.3, 0.4) is 0 Å². The van der Waals surface area contributed by atoms with Crippen LogP contribution in [0.1, 0.15) is 36.7 Å². The molecule has 2 heterocycles. The van der Waals surface area contributed by atoms with Crippen LogP contribution in [0.2, 0.25) is 0 Å². The maximum Gasteiger partial charge on any atom is 0.336 e. The average Bonchev–Trinajstić information content (AvgIpc) is 2.98. The number of rotatable bonds is 4. The van der Waals surface area contributed by atoms with E-state index >= 15 is 0 Å². The normalized spacial score (nSPS) is 11.5. The zero-order valence-corrected chi connectivity index (χ0v) is 15.4. The molecule has 0 N–H and O–H groups in total. The topological polar surface area (TPSA) is 43.4 Å². The van der Waals surface area contributed by atoms with Gasteiger partial charge in [-0.3, -0.25) is 0 Å². The summed E-state index contributed by atoms with van der Waals surface area (Å²) in [4.78, 5) is 12.1. The van der Waals surface area contributed by atoms with Crippen LogP contribution < -0.4 is 5.63 Å². The van der Waals surface area contributed by atoms with Gasteiger partial charge in [-0.15, -0.1) is 0 Å². The molecule has 0 saturated carbocycles. The summed E-state index contributed by atoms with van der Waals surface area (Å²) in [6.45, 7) is 6.11. The number of aryl methyl sites for hydroxylation is 3. The van der Waals surface area contributed by atoms with Gasteiger partial charge in [0.25, 0.3) is 0 Å². The van der Waals surface area contributed by atoms with Crippen molar-refractivity contribution in [2.45, 2.75) is 40.0 Å². The van der Waals surface area contributed by atoms with Crippen molar-refractivity contribution < 1.29 is 8.83 Å². The Morgan fingerprint density at radius 2 is 1.65 bits per heavy atom. The van der Waals surface area contributed by atoms with Crippen molar-refractivity contribution in [3.8, 4) is 11.1 Å². The van der Waals surface area contributed by atoms with Crippen LogP contribution in [0.15, 0.2) is 56.1 Å². The molecule has 0 aliphatic heterocycles. The first-order valence-corrected chi connectivity index (χ1v) is 9.15. The Balaban J connectivity index is 2.09. The maximum absolute atomic E-state index is 12.1. The quantitative estimate of drug-likeness (QED) is 0.415. The number of furan rings is 1. The largest absolute Gasteiger partial charge is 0.460 e. The van der Waals surface area contributed by atoms with Gasteiger partial charge in [-0.05, 0) is 43.9 Å². The Kier molecular flexibility index (Phi) is 4.15. The molecule has 0 aliphatic rings. The fraction of sp³-hybridized carbons (Fsp3) is 0.261. The molecular weight excluding hydrogens is 324 g/mol. The third-order valence-electron chi connectivity index (χ3n) is 5.04. The van der Waals surface area contributed by atoms with Crippen LogP contribution in [0.25, 0.3) is 33.1 Å². The Labute approximate surface area is 152 Å². The predicted molar refractivity (Wildman–Crippen MR) is 106 cm³/mol. The second-order valence-corrected chi connectivity index (χ2v) is 6.85. The van der Waals surface area contributed by atoms with Gasteiger partial charge >= 0.3 is 5.63 Å². The van der Waals surface area contributed by atoms with Crippen LogP contribution in [-0.4, -0.2) is 0 Å². The van der Waals surface area contributed by atoms with Crippen LogP contribution in [0.4, 0.5) is 0 Å². The van der Waals surface area contributed by atoms with Crippen LogP contribution in [0, 0.1) is 13.8 Å². The summed E-state index contributed by atoms with van der Waals surface area (Å²) in [5, 5.41) is 2.09. The Hall–Kier alpha value is -2.81. The van der Waals surface area contributed by atoms with E-state index in [9.17, 15) is 4.79 Å². The zero-order valence-electron chi connectivity index (χ0n) is 15.4. The lowest BCUT2D eigenvalue weighted by molar-refractivity contribution is 0.550. The van der Waals surface area contributed by atoms with E-state index in [1.165, 1.54) is 0 Å². The summed E-state index contributed by atoms with van der Waals surface area (Å²) in [5.41, 5.74) is 5.33. The molecule has 2 aromatic carbocycles. The summed E-state index contributed by atoms with van der Waals surface area (Å²) in [6.07, 6.45) is 3.01. The summed E-state index contributed by atoms with van der Waals surface area (Å²) in [6, 6.07) is 14.0. The van der Waals surface area contributed by atoms with E-state index < -0.39 is 0 Å². The van der Waals surface area contributed by atoms with Gasteiger partial charge in [0.05, 0.1) is 0 Å². The summed E-state index contributed by atoms with van der Waals surface area (Å²) < 4.78 is 11.7. The monoisotopic (exact) mass is 346 g/mol. The SMILES string of the molecule is CCCCc1cc(=O)oc2c(C)c3oc(C)c(-c4ccccc4)c3cc12. The fourth-order valence-corrected chi connectivity index (χ4v) is 3.75. The Morgan fingerprint density at radius 1 is 0.923 bits per heavy atom. The van der Waals surface area contributed by atoms with E-state index in [0.717, 1.165) is 63.6 Å². The highest BCUT2D eigenvalue weighted by atomic mass is 16.4. The van der Waals surface area contributed by atoms with Crippen molar-refractivity contribution in [3.63, 3.8) is 0 Å². The first kappa shape index (κ1) is 16.6. The lowest BCUT2D eigenvalue weighted by atomic mass is 9.96. The van der Waals surface area contributed by atoms with Crippen LogP contribution >= 0.6 is 0 Å². The molecule has 3 heteroatoms. The number of hydrogen-bond acceptors (Lipinski definition) is 3. The first-order chi connectivity index (χ1) is 12.6. The zero-order chi connectivity index (χ0) is 18.3. The fourth-order valence-electron chi connectivity index (χ4n) is 3.75. The standard InChI is InChI=1S/C23H22O3/c1-4-5-9-17-12-20(24)26-22-14(2)23-19(13-18(17)22)21(15(3)25-23)16-10-7-6-8-11-16/h6-8,10-13H,4-5,9H2,1-3H3. The summed E-state index contributed by atoms with van der Waals surface area (Å²) in [7, 11) is 0. The van der Waals surface area contributed by atoms with Crippen molar-refractivity contribution in [2.24, 2.45) is 0 Å². The smallest absolute Gasteiger partial charge is 0.336 e. The third kappa shape index (κ3) is 2.64. The second-order valence-electron chi connectivity index (χ2n) is 6.85. The number of unbranched alkanes of at least 4 members (excludes halogenated alkanes) is 1. The van der Waals surface area contributed by atoms with Crippen LogP contribution in [-0.2, 0) is 6.42 Å². The first-order valence-electron chi connectivity index (χ1n) is 9.15. The molecule has 26 heavy (non-hydrogen) atoms.